The molecule has 1 aromatic heterocycles. The number of nitrogens with zero attached hydrogens (tertiary/aromatic N) is 1. The molecule has 0 spiro atoms. The fourth-order valence-electron chi connectivity index (χ4n) is 1.26. The first-order valence-electron chi connectivity index (χ1n) is 4.35. The first-order chi connectivity index (χ1) is 6.40. The second-order valence-corrected chi connectivity index (χ2v) is 4.46. The van der Waals surface area contributed by atoms with E-state index in [0.29, 0.717) is 0 Å². The molecule has 1 nitrogen and oxygen atoms in total. The van der Waals surface area contributed by atoms with Crippen LogP contribution in [-0.4, -0.2) is 10.7 Å². The van der Waals surface area contributed by atoms with E-state index in [1.165, 1.54) is 9.71 Å². The van der Waals surface area contributed by atoms with Gasteiger partial charge in [-0.1, -0.05) is 12.1 Å². The lowest BCUT2D eigenvalue weighted by atomic mass is 10.3. The zero-order valence-corrected chi connectivity index (χ0v) is 8.94. The molecule has 3 heteroatoms. The number of benzene rings is 1. The Bertz CT molecular complexity index is 361. The van der Waals surface area contributed by atoms with Crippen molar-refractivity contribution in [1.82, 2.24) is 4.98 Å². The van der Waals surface area contributed by atoms with Gasteiger partial charge in [-0.05, 0) is 24.3 Å². The summed E-state index contributed by atoms with van der Waals surface area (Å²) in [6.45, 7) is 0. The van der Waals surface area contributed by atoms with Gasteiger partial charge in [0, 0.05) is 6.42 Å². The normalized spacial score (nSPS) is 10.8. The van der Waals surface area contributed by atoms with E-state index in [4.69, 9.17) is 0 Å². The molecule has 0 unspecified atom stereocenters. The largest absolute Gasteiger partial charge is 0.241 e. The highest BCUT2D eigenvalue weighted by Crippen LogP contribution is 2.22. The lowest BCUT2D eigenvalue weighted by Gasteiger charge is -1.89. The number of hydrogen-bond donors (Lipinski definition) is 1. The Balaban J connectivity index is 2.28. The maximum Gasteiger partial charge on any atom is 0.0938 e. The number of rotatable bonds is 3. The lowest BCUT2D eigenvalue weighted by molar-refractivity contribution is 0.926. The Morgan fingerprint density at radius 2 is 2.15 bits per heavy atom. The quantitative estimate of drug-likeness (QED) is 0.766. The number of fused-ring (bicyclic) bond motifs is 1. The summed E-state index contributed by atoms with van der Waals surface area (Å²) in [5.41, 5.74) is 1.13. The molecule has 13 heavy (non-hydrogen) atoms. The van der Waals surface area contributed by atoms with Gasteiger partial charge in [0.05, 0.1) is 15.2 Å². The third kappa shape index (κ3) is 2.03. The van der Waals surface area contributed by atoms with Gasteiger partial charge in [0.15, 0.2) is 0 Å². The van der Waals surface area contributed by atoms with Crippen LogP contribution in [0.15, 0.2) is 24.3 Å². The van der Waals surface area contributed by atoms with E-state index in [2.05, 4.69) is 35.8 Å². The van der Waals surface area contributed by atoms with Gasteiger partial charge in [-0.25, -0.2) is 4.98 Å². The second kappa shape index (κ2) is 4.11. The van der Waals surface area contributed by atoms with Crippen LogP contribution in [0.25, 0.3) is 10.2 Å². The van der Waals surface area contributed by atoms with Gasteiger partial charge in [-0.3, -0.25) is 0 Å². The standard InChI is InChI=1S/C10H11NS2/c12-7-3-6-10-11-8-4-1-2-5-9(8)13-10/h1-2,4-5,12H,3,6-7H2. The molecule has 0 atom stereocenters. The van der Waals surface area contributed by atoms with Crippen molar-refractivity contribution in [2.75, 3.05) is 5.75 Å². The van der Waals surface area contributed by atoms with Gasteiger partial charge >= 0.3 is 0 Å². The van der Waals surface area contributed by atoms with Gasteiger partial charge < -0.3 is 0 Å². The van der Waals surface area contributed by atoms with E-state index in [1.807, 2.05) is 6.07 Å². The first-order valence-corrected chi connectivity index (χ1v) is 5.80. The minimum absolute atomic E-state index is 0.940. The van der Waals surface area contributed by atoms with Crippen molar-refractivity contribution in [3.05, 3.63) is 29.3 Å². The van der Waals surface area contributed by atoms with E-state index < -0.39 is 0 Å². The van der Waals surface area contributed by atoms with Crippen LogP contribution < -0.4 is 0 Å². The molecule has 2 aromatic rings. The van der Waals surface area contributed by atoms with Crippen LogP contribution in [0.5, 0.6) is 0 Å². The molecule has 0 aliphatic heterocycles. The summed E-state index contributed by atoms with van der Waals surface area (Å²) in [6.07, 6.45) is 2.17. The van der Waals surface area contributed by atoms with Gasteiger partial charge in [-0.15, -0.1) is 11.3 Å². The predicted octanol–water partition coefficient (Wildman–Crippen LogP) is 3.16. The van der Waals surface area contributed by atoms with E-state index in [9.17, 15) is 0 Å². The van der Waals surface area contributed by atoms with E-state index in [-0.39, 0.29) is 0 Å². The summed E-state index contributed by atoms with van der Waals surface area (Å²) in [5, 5.41) is 1.23. The Hall–Kier alpha value is -0.540. The van der Waals surface area contributed by atoms with Crippen LogP contribution in [0.4, 0.5) is 0 Å². The number of aryl methyl sites for hydroxylation is 1. The number of hydrogen-bond acceptors (Lipinski definition) is 3. The van der Waals surface area contributed by atoms with Crippen molar-refractivity contribution < 1.29 is 0 Å². The zero-order valence-electron chi connectivity index (χ0n) is 7.23. The van der Waals surface area contributed by atoms with Gasteiger partial charge in [0.2, 0.25) is 0 Å². The molecule has 0 N–H and O–H groups in total. The lowest BCUT2D eigenvalue weighted by Crippen LogP contribution is -1.83. The smallest absolute Gasteiger partial charge is 0.0938 e. The van der Waals surface area contributed by atoms with Gasteiger partial charge in [0.25, 0.3) is 0 Å². The van der Waals surface area contributed by atoms with Crippen LogP contribution in [-0.2, 0) is 6.42 Å². The third-order valence-electron chi connectivity index (χ3n) is 1.89. The van der Waals surface area contributed by atoms with Crippen LogP contribution in [0.1, 0.15) is 11.4 Å². The summed E-state index contributed by atoms with van der Waals surface area (Å²) in [7, 11) is 0. The Morgan fingerprint density at radius 3 is 2.92 bits per heavy atom. The highest BCUT2D eigenvalue weighted by atomic mass is 32.1. The number of thiol groups is 1. The highest BCUT2D eigenvalue weighted by Gasteiger charge is 2.01. The monoisotopic (exact) mass is 209 g/mol. The second-order valence-electron chi connectivity index (χ2n) is 2.90. The highest BCUT2D eigenvalue weighted by molar-refractivity contribution is 7.80. The number of para-hydroxylation sites is 1. The molecule has 0 fully saturated rings. The third-order valence-corrected chi connectivity index (χ3v) is 3.30. The van der Waals surface area contributed by atoms with Gasteiger partial charge in [-0.2, -0.15) is 12.6 Å². The van der Waals surface area contributed by atoms with Crippen LogP contribution >= 0.6 is 24.0 Å². The summed E-state index contributed by atoms with van der Waals surface area (Å²) >= 11 is 5.98. The summed E-state index contributed by atoms with van der Waals surface area (Å²) in [5.74, 6) is 0.940. The Labute approximate surface area is 87.2 Å². The maximum atomic E-state index is 4.53. The van der Waals surface area contributed by atoms with Crippen molar-refractivity contribution in [2.45, 2.75) is 12.8 Å². The van der Waals surface area contributed by atoms with Gasteiger partial charge in [0.1, 0.15) is 0 Å². The van der Waals surface area contributed by atoms with Crippen LogP contribution in [0.2, 0.25) is 0 Å². The molecule has 0 radical (unpaired) electrons. The molecule has 0 amide bonds. The average Bonchev–Trinajstić information content (AvgIpc) is 2.57. The molecule has 1 aromatic carbocycles. The number of aromatic nitrogens is 1. The van der Waals surface area contributed by atoms with Crippen LogP contribution in [0, 0.1) is 0 Å². The fourth-order valence-corrected chi connectivity index (χ4v) is 2.42. The average molecular weight is 209 g/mol. The SMILES string of the molecule is SCCCc1nc2ccccc2s1. The molecule has 1 heterocycles. The molecule has 0 aliphatic rings. The van der Waals surface area contributed by atoms with Crippen molar-refractivity contribution in [2.24, 2.45) is 0 Å². The van der Waals surface area contributed by atoms with E-state index >= 15 is 0 Å². The minimum atomic E-state index is 0.940. The summed E-state index contributed by atoms with van der Waals surface area (Å²) in [6, 6.07) is 8.28. The molecule has 68 valence electrons. The molecule has 2 rings (SSSR count). The van der Waals surface area contributed by atoms with E-state index in [0.717, 1.165) is 24.1 Å². The molecule has 0 aliphatic carbocycles. The minimum Gasteiger partial charge on any atom is -0.241 e. The predicted molar refractivity (Wildman–Crippen MR) is 61.8 cm³/mol. The Morgan fingerprint density at radius 1 is 1.31 bits per heavy atom. The molecule has 0 bridgehead atoms. The maximum absolute atomic E-state index is 4.53. The topological polar surface area (TPSA) is 12.9 Å². The van der Waals surface area contributed by atoms with Crippen molar-refractivity contribution >= 4 is 34.2 Å². The molecule has 0 saturated heterocycles. The van der Waals surface area contributed by atoms with Crippen LogP contribution in [0.3, 0.4) is 0 Å². The summed E-state index contributed by atoms with van der Waals surface area (Å²) in [4.78, 5) is 4.53. The molecular formula is C10H11NS2. The Kier molecular flexibility index (Phi) is 2.86. The molecule has 0 saturated carbocycles. The summed E-state index contributed by atoms with van der Waals surface area (Å²) < 4.78 is 1.29. The van der Waals surface area contributed by atoms with E-state index in [1.54, 1.807) is 11.3 Å². The molecular weight excluding hydrogens is 198 g/mol. The van der Waals surface area contributed by atoms with Crippen molar-refractivity contribution in [3.63, 3.8) is 0 Å². The fraction of sp³-hybridized carbons (Fsp3) is 0.300. The number of thiazole rings is 1. The van der Waals surface area contributed by atoms with Crippen molar-refractivity contribution in [1.29, 1.82) is 0 Å². The zero-order chi connectivity index (χ0) is 9.10. The van der Waals surface area contributed by atoms with Crippen molar-refractivity contribution in [3.8, 4) is 0 Å². The first kappa shape index (κ1) is 9.03.